The molecule has 0 fully saturated rings. The van der Waals surface area contributed by atoms with Crippen LogP contribution in [0.1, 0.15) is 11.1 Å². The topological polar surface area (TPSA) is 0 Å². The summed E-state index contributed by atoms with van der Waals surface area (Å²) in [5.41, 5.74) is 2.47. The van der Waals surface area contributed by atoms with Gasteiger partial charge < -0.3 is 0 Å². The van der Waals surface area contributed by atoms with E-state index in [1.54, 1.807) is 0 Å². The molecule has 0 unspecified atom stereocenters. The SMILES string of the molecule is Cc1[c]c(CCS)ccc1. The van der Waals surface area contributed by atoms with Gasteiger partial charge in [0.15, 0.2) is 0 Å². The Hall–Kier alpha value is -0.430. The molecule has 1 heteroatoms. The quantitative estimate of drug-likeness (QED) is 0.616. The Kier molecular flexibility index (Phi) is 2.82. The normalized spacial score (nSPS) is 9.80. The van der Waals surface area contributed by atoms with Crippen LogP contribution in [0.5, 0.6) is 0 Å². The van der Waals surface area contributed by atoms with Crippen molar-refractivity contribution in [2.45, 2.75) is 13.3 Å². The number of thiol groups is 1. The lowest BCUT2D eigenvalue weighted by atomic mass is 10.1. The first kappa shape index (κ1) is 7.67. The smallest absolute Gasteiger partial charge is 0.00571 e. The largest absolute Gasteiger partial charge is 0.179 e. The van der Waals surface area contributed by atoms with Gasteiger partial charge in [0, 0.05) is 0 Å². The van der Waals surface area contributed by atoms with E-state index < -0.39 is 0 Å². The molecule has 0 amide bonds. The van der Waals surface area contributed by atoms with Crippen LogP contribution in [0.2, 0.25) is 0 Å². The van der Waals surface area contributed by atoms with Gasteiger partial charge in [0.2, 0.25) is 0 Å². The average molecular weight is 151 g/mol. The molecule has 1 aromatic rings. The van der Waals surface area contributed by atoms with Gasteiger partial charge in [0.05, 0.1) is 0 Å². The minimum atomic E-state index is 0.903. The first-order chi connectivity index (χ1) is 4.83. The van der Waals surface area contributed by atoms with Crippen LogP contribution in [0, 0.1) is 13.0 Å². The van der Waals surface area contributed by atoms with Crippen LogP contribution in [-0.4, -0.2) is 5.75 Å². The third-order valence-electron chi connectivity index (χ3n) is 1.38. The molecule has 53 valence electrons. The third-order valence-corrected chi connectivity index (χ3v) is 1.61. The standard InChI is InChI=1S/C9H11S/c1-8-3-2-4-9(7-8)5-6-10/h2-4,10H,5-6H2,1H3. The highest BCUT2D eigenvalue weighted by Gasteiger charge is 1.90. The molecule has 0 nitrogen and oxygen atoms in total. The van der Waals surface area contributed by atoms with E-state index in [2.05, 4.69) is 43.8 Å². The van der Waals surface area contributed by atoms with Crippen molar-refractivity contribution in [2.24, 2.45) is 0 Å². The molecular formula is C9H11S. The number of benzene rings is 1. The van der Waals surface area contributed by atoms with Crippen molar-refractivity contribution < 1.29 is 0 Å². The summed E-state index contributed by atoms with van der Waals surface area (Å²) in [5, 5.41) is 0. The van der Waals surface area contributed by atoms with Crippen molar-refractivity contribution in [3.8, 4) is 0 Å². The van der Waals surface area contributed by atoms with E-state index in [9.17, 15) is 0 Å². The molecule has 0 aliphatic rings. The molecule has 0 saturated carbocycles. The average Bonchev–Trinajstić information content (AvgIpc) is 1.88. The molecule has 0 aliphatic heterocycles. The first-order valence-electron chi connectivity index (χ1n) is 3.41. The van der Waals surface area contributed by atoms with Crippen molar-refractivity contribution in [2.75, 3.05) is 5.75 Å². The predicted octanol–water partition coefficient (Wildman–Crippen LogP) is 2.27. The first-order valence-corrected chi connectivity index (χ1v) is 4.05. The Morgan fingerprint density at radius 3 is 2.90 bits per heavy atom. The summed E-state index contributed by atoms with van der Waals surface area (Å²) < 4.78 is 0. The summed E-state index contributed by atoms with van der Waals surface area (Å²) in [6.45, 7) is 2.06. The molecule has 0 aromatic heterocycles. The van der Waals surface area contributed by atoms with Gasteiger partial charge in [-0.3, -0.25) is 0 Å². The van der Waals surface area contributed by atoms with Gasteiger partial charge in [0.25, 0.3) is 0 Å². The van der Waals surface area contributed by atoms with Crippen LogP contribution in [-0.2, 0) is 6.42 Å². The van der Waals surface area contributed by atoms with Crippen molar-refractivity contribution >= 4 is 12.6 Å². The van der Waals surface area contributed by atoms with Crippen molar-refractivity contribution in [3.63, 3.8) is 0 Å². The van der Waals surface area contributed by atoms with E-state index >= 15 is 0 Å². The van der Waals surface area contributed by atoms with Gasteiger partial charge in [0.1, 0.15) is 0 Å². The Morgan fingerprint density at radius 1 is 1.50 bits per heavy atom. The van der Waals surface area contributed by atoms with Gasteiger partial charge in [-0.2, -0.15) is 12.6 Å². The van der Waals surface area contributed by atoms with E-state index in [-0.39, 0.29) is 0 Å². The van der Waals surface area contributed by atoms with Gasteiger partial charge in [-0.25, -0.2) is 0 Å². The summed E-state index contributed by atoms with van der Waals surface area (Å²) >= 11 is 4.15. The zero-order valence-electron chi connectivity index (χ0n) is 6.09. The molecule has 0 spiro atoms. The van der Waals surface area contributed by atoms with Gasteiger partial charge >= 0.3 is 0 Å². The number of aryl methyl sites for hydroxylation is 2. The Bertz CT molecular complexity index is 206. The lowest BCUT2D eigenvalue weighted by molar-refractivity contribution is 1.15. The zero-order valence-corrected chi connectivity index (χ0v) is 6.99. The lowest BCUT2D eigenvalue weighted by Gasteiger charge is -1.96. The maximum Gasteiger partial charge on any atom is -0.00571 e. The third kappa shape index (κ3) is 2.07. The van der Waals surface area contributed by atoms with Crippen molar-refractivity contribution in [3.05, 3.63) is 35.4 Å². The van der Waals surface area contributed by atoms with Crippen molar-refractivity contribution in [1.29, 1.82) is 0 Å². The fourth-order valence-electron chi connectivity index (χ4n) is 0.911. The summed E-state index contributed by atoms with van der Waals surface area (Å²) in [5.74, 6) is 0.903. The molecule has 0 bridgehead atoms. The summed E-state index contributed by atoms with van der Waals surface area (Å²) in [6.07, 6.45) is 1.02. The fraction of sp³-hybridized carbons (Fsp3) is 0.333. The molecule has 1 aromatic carbocycles. The van der Waals surface area contributed by atoms with Gasteiger partial charge in [-0.15, -0.1) is 0 Å². The Morgan fingerprint density at radius 2 is 2.30 bits per heavy atom. The Labute approximate surface area is 67.7 Å². The highest BCUT2D eigenvalue weighted by atomic mass is 32.1. The van der Waals surface area contributed by atoms with E-state index in [0.29, 0.717) is 0 Å². The molecule has 0 saturated heterocycles. The molecule has 0 heterocycles. The minimum absolute atomic E-state index is 0.903. The van der Waals surface area contributed by atoms with Crippen LogP contribution in [0.15, 0.2) is 18.2 Å². The second kappa shape index (κ2) is 3.67. The summed E-state index contributed by atoms with van der Waals surface area (Å²) in [6, 6.07) is 9.46. The zero-order chi connectivity index (χ0) is 7.40. The minimum Gasteiger partial charge on any atom is -0.179 e. The maximum atomic E-state index is 4.15. The van der Waals surface area contributed by atoms with Gasteiger partial charge in [-0.1, -0.05) is 18.2 Å². The Balaban J connectivity index is 2.75. The maximum absolute atomic E-state index is 4.15. The highest BCUT2D eigenvalue weighted by Crippen LogP contribution is 2.03. The monoisotopic (exact) mass is 151 g/mol. The van der Waals surface area contributed by atoms with Crippen LogP contribution in [0.3, 0.4) is 0 Å². The second-order valence-electron chi connectivity index (χ2n) is 2.33. The highest BCUT2D eigenvalue weighted by molar-refractivity contribution is 7.80. The molecule has 1 radical (unpaired) electrons. The fourth-order valence-corrected chi connectivity index (χ4v) is 1.15. The lowest BCUT2D eigenvalue weighted by Crippen LogP contribution is -1.86. The summed E-state index contributed by atoms with van der Waals surface area (Å²) in [7, 11) is 0. The molecule has 10 heavy (non-hydrogen) atoms. The predicted molar refractivity (Wildman–Crippen MR) is 47.6 cm³/mol. The van der Waals surface area contributed by atoms with Crippen LogP contribution in [0.4, 0.5) is 0 Å². The van der Waals surface area contributed by atoms with E-state index in [4.69, 9.17) is 0 Å². The van der Waals surface area contributed by atoms with Gasteiger partial charge in [-0.05, 0) is 36.3 Å². The van der Waals surface area contributed by atoms with E-state index in [1.165, 1.54) is 11.1 Å². The van der Waals surface area contributed by atoms with Crippen molar-refractivity contribution in [1.82, 2.24) is 0 Å². The molecule has 1 rings (SSSR count). The molecule has 0 atom stereocenters. The molecular weight excluding hydrogens is 140 g/mol. The van der Waals surface area contributed by atoms with E-state index in [0.717, 1.165) is 12.2 Å². The number of rotatable bonds is 2. The molecule has 0 N–H and O–H groups in total. The number of hydrogen-bond acceptors (Lipinski definition) is 1. The molecule has 0 aliphatic carbocycles. The van der Waals surface area contributed by atoms with E-state index in [1.807, 2.05) is 0 Å². The van der Waals surface area contributed by atoms with Crippen LogP contribution < -0.4 is 0 Å². The van der Waals surface area contributed by atoms with Crippen LogP contribution in [0.25, 0.3) is 0 Å². The summed E-state index contributed by atoms with van der Waals surface area (Å²) in [4.78, 5) is 0. The van der Waals surface area contributed by atoms with Crippen LogP contribution >= 0.6 is 12.6 Å². The number of hydrogen-bond donors (Lipinski definition) is 1. The second-order valence-corrected chi connectivity index (χ2v) is 2.78.